The van der Waals surface area contributed by atoms with Gasteiger partial charge in [-0.05, 0) is 32.9 Å². The second kappa shape index (κ2) is 6.93. The van der Waals surface area contributed by atoms with Crippen LogP contribution < -0.4 is 10.1 Å². The highest BCUT2D eigenvalue weighted by atomic mass is 19.1. The molecule has 0 saturated carbocycles. The number of anilines is 1. The molecule has 0 aliphatic carbocycles. The predicted molar refractivity (Wildman–Crippen MR) is 79.5 cm³/mol. The number of carbonyl (C=O) groups excluding carboxylic acids is 1. The highest BCUT2D eigenvalue weighted by Gasteiger charge is 2.18. The van der Waals surface area contributed by atoms with Gasteiger partial charge < -0.3 is 14.6 Å². The lowest BCUT2D eigenvalue weighted by molar-refractivity contribution is -0.131. The minimum absolute atomic E-state index is 0.0222. The normalized spacial score (nSPS) is 11.3. The number of carboxylic acids is 1. The Labute approximate surface area is 127 Å². The van der Waals surface area contributed by atoms with Crippen LogP contribution in [0, 0.1) is 5.82 Å². The molecule has 0 atom stereocenters. The van der Waals surface area contributed by atoms with Crippen LogP contribution in [0.15, 0.2) is 18.2 Å². The van der Waals surface area contributed by atoms with Gasteiger partial charge in [0.2, 0.25) is 0 Å². The summed E-state index contributed by atoms with van der Waals surface area (Å²) in [5.74, 6) is -1.73. The van der Waals surface area contributed by atoms with Gasteiger partial charge in [0, 0.05) is 17.7 Å². The van der Waals surface area contributed by atoms with Gasteiger partial charge in [-0.1, -0.05) is 0 Å². The standard InChI is InChI=1S/C15H18FNO5/c1-15(2,3)22-14(20)17-11-8-10(16)9(5-6-13(18)19)7-12(11)21-4/h5-8H,1-4H3,(H,17,20)(H,18,19)/b6-5+. The van der Waals surface area contributed by atoms with Crippen LogP contribution in [0.4, 0.5) is 14.9 Å². The number of hydrogen-bond acceptors (Lipinski definition) is 4. The fourth-order valence-corrected chi connectivity index (χ4v) is 1.54. The number of aliphatic carboxylic acids is 1. The number of benzene rings is 1. The molecule has 0 heterocycles. The number of carbonyl (C=O) groups is 2. The first-order chi connectivity index (χ1) is 10.1. The highest BCUT2D eigenvalue weighted by Crippen LogP contribution is 2.29. The molecule has 1 amide bonds. The van der Waals surface area contributed by atoms with E-state index in [0.29, 0.717) is 0 Å². The van der Waals surface area contributed by atoms with Crippen molar-refractivity contribution < 1.29 is 28.6 Å². The highest BCUT2D eigenvalue weighted by molar-refractivity contribution is 5.88. The quantitative estimate of drug-likeness (QED) is 0.834. The van der Waals surface area contributed by atoms with Crippen LogP contribution in [0.2, 0.25) is 0 Å². The number of nitrogens with one attached hydrogen (secondary N) is 1. The van der Waals surface area contributed by atoms with Crippen molar-refractivity contribution in [2.45, 2.75) is 26.4 Å². The maximum atomic E-state index is 13.9. The summed E-state index contributed by atoms with van der Waals surface area (Å²) < 4.78 is 24.0. The Balaban J connectivity index is 3.04. The zero-order valence-corrected chi connectivity index (χ0v) is 12.8. The van der Waals surface area contributed by atoms with Gasteiger partial charge in [0.15, 0.2) is 0 Å². The van der Waals surface area contributed by atoms with Crippen molar-refractivity contribution in [1.82, 2.24) is 0 Å². The van der Waals surface area contributed by atoms with Crippen LogP contribution in [-0.2, 0) is 9.53 Å². The van der Waals surface area contributed by atoms with E-state index in [9.17, 15) is 14.0 Å². The maximum Gasteiger partial charge on any atom is 0.412 e. The smallest absolute Gasteiger partial charge is 0.412 e. The molecule has 0 fully saturated rings. The SMILES string of the molecule is COc1cc(/C=C/C(=O)O)c(F)cc1NC(=O)OC(C)(C)C. The van der Waals surface area contributed by atoms with Crippen molar-refractivity contribution in [2.75, 3.05) is 12.4 Å². The summed E-state index contributed by atoms with van der Waals surface area (Å²) in [7, 11) is 1.35. The summed E-state index contributed by atoms with van der Waals surface area (Å²) in [6.45, 7) is 5.10. The van der Waals surface area contributed by atoms with Gasteiger partial charge in [0.1, 0.15) is 17.2 Å². The zero-order valence-electron chi connectivity index (χ0n) is 12.8. The van der Waals surface area contributed by atoms with Crippen molar-refractivity contribution in [1.29, 1.82) is 0 Å². The molecule has 7 heteroatoms. The molecule has 1 aromatic rings. The summed E-state index contributed by atoms with van der Waals surface area (Å²) in [5.41, 5.74) is -0.587. The Hall–Kier alpha value is -2.57. The molecule has 6 nitrogen and oxygen atoms in total. The number of amides is 1. The first-order valence-electron chi connectivity index (χ1n) is 6.41. The van der Waals surface area contributed by atoms with Crippen LogP contribution in [0.5, 0.6) is 5.75 Å². The number of rotatable bonds is 4. The topological polar surface area (TPSA) is 84.9 Å². The van der Waals surface area contributed by atoms with Crippen molar-refractivity contribution in [2.24, 2.45) is 0 Å². The molecule has 0 radical (unpaired) electrons. The van der Waals surface area contributed by atoms with Crippen molar-refractivity contribution >= 4 is 23.8 Å². The molecule has 0 unspecified atom stereocenters. The number of hydrogen-bond donors (Lipinski definition) is 2. The Morgan fingerprint density at radius 3 is 2.45 bits per heavy atom. The lowest BCUT2D eigenvalue weighted by atomic mass is 10.1. The molecule has 0 aliphatic heterocycles. The minimum Gasteiger partial charge on any atom is -0.495 e. The Morgan fingerprint density at radius 2 is 1.95 bits per heavy atom. The van der Waals surface area contributed by atoms with Crippen LogP contribution in [0.1, 0.15) is 26.3 Å². The van der Waals surface area contributed by atoms with Gasteiger partial charge in [-0.25, -0.2) is 14.0 Å². The second-order valence-corrected chi connectivity index (χ2v) is 5.37. The second-order valence-electron chi connectivity index (χ2n) is 5.37. The molecular formula is C15H18FNO5. The number of ether oxygens (including phenoxy) is 2. The van der Waals surface area contributed by atoms with E-state index < -0.39 is 23.5 Å². The number of methoxy groups -OCH3 is 1. The van der Waals surface area contributed by atoms with Crippen LogP contribution >= 0.6 is 0 Å². The Morgan fingerprint density at radius 1 is 1.32 bits per heavy atom. The van der Waals surface area contributed by atoms with Crippen LogP contribution in [0.3, 0.4) is 0 Å². The van der Waals surface area contributed by atoms with E-state index in [0.717, 1.165) is 18.2 Å². The van der Waals surface area contributed by atoms with E-state index in [-0.39, 0.29) is 17.0 Å². The molecule has 0 saturated heterocycles. The number of halogens is 1. The molecule has 0 aliphatic rings. The third-order valence-electron chi connectivity index (χ3n) is 2.36. The molecule has 0 spiro atoms. The third-order valence-corrected chi connectivity index (χ3v) is 2.36. The molecule has 0 bridgehead atoms. The van der Waals surface area contributed by atoms with E-state index in [1.165, 1.54) is 13.2 Å². The molecule has 1 aromatic carbocycles. The predicted octanol–water partition coefficient (Wildman–Crippen LogP) is 3.28. The monoisotopic (exact) mass is 311 g/mol. The summed E-state index contributed by atoms with van der Waals surface area (Å²) in [4.78, 5) is 22.2. The van der Waals surface area contributed by atoms with E-state index in [4.69, 9.17) is 14.6 Å². The minimum atomic E-state index is -1.20. The Bertz CT molecular complexity index is 605. The average molecular weight is 311 g/mol. The van der Waals surface area contributed by atoms with Gasteiger partial charge in [0.05, 0.1) is 12.8 Å². The molecular weight excluding hydrogens is 293 g/mol. The van der Waals surface area contributed by atoms with E-state index in [1.807, 2.05) is 0 Å². The summed E-state index contributed by atoms with van der Waals surface area (Å²) in [6.07, 6.45) is 1.15. The van der Waals surface area contributed by atoms with Gasteiger partial charge in [-0.2, -0.15) is 0 Å². The Kier molecular flexibility index (Phi) is 5.50. The lowest BCUT2D eigenvalue weighted by Crippen LogP contribution is -2.27. The first kappa shape index (κ1) is 17.5. The van der Waals surface area contributed by atoms with Crippen molar-refractivity contribution in [3.63, 3.8) is 0 Å². The van der Waals surface area contributed by atoms with Gasteiger partial charge >= 0.3 is 12.1 Å². The van der Waals surface area contributed by atoms with Crippen molar-refractivity contribution in [3.05, 3.63) is 29.6 Å². The maximum absolute atomic E-state index is 13.9. The van der Waals surface area contributed by atoms with E-state index in [1.54, 1.807) is 20.8 Å². The molecule has 2 N–H and O–H groups in total. The molecule has 1 rings (SSSR count). The zero-order chi connectivity index (χ0) is 16.9. The van der Waals surface area contributed by atoms with Gasteiger partial charge in [0.25, 0.3) is 0 Å². The average Bonchev–Trinajstić information content (AvgIpc) is 2.35. The van der Waals surface area contributed by atoms with Crippen LogP contribution in [0.25, 0.3) is 6.08 Å². The number of carboxylic acid groups (broad SMARTS) is 1. The summed E-state index contributed by atoms with van der Waals surface area (Å²) >= 11 is 0. The van der Waals surface area contributed by atoms with Gasteiger partial charge in [-0.15, -0.1) is 0 Å². The molecule has 0 aromatic heterocycles. The van der Waals surface area contributed by atoms with E-state index >= 15 is 0 Å². The summed E-state index contributed by atoms with van der Waals surface area (Å²) in [6, 6.07) is 2.31. The van der Waals surface area contributed by atoms with Crippen molar-refractivity contribution in [3.8, 4) is 5.75 Å². The fraction of sp³-hybridized carbons (Fsp3) is 0.333. The van der Waals surface area contributed by atoms with E-state index in [2.05, 4.69) is 5.32 Å². The largest absolute Gasteiger partial charge is 0.495 e. The molecule has 120 valence electrons. The van der Waals surface area contributed by atoms with Crippen LogP contribution in [-0.4, -0.2) is 29.9 Å². The lowest BCUT2D eigenvalue weighted by Gasteiger charge is -2.20. The molecule has 22 heavy (non-hydrogen) atoms. The first-order valence-corrected chi connectivity index (χ1v) is 6.41. The fourth-order valence-electron chi connectivity index (χ4n) is 1.54. The summed E-state index contributed by atoms with van der Waals surface area (Å²) in [5, 5.41) is 10.9. The van der Waals surface area contributed by atoms with Gasteiger partial charge in [-0.3, -0.25) is 5.32 Å². The third kappa shape index (κ3) is 5.43.